The van der Waals surface area contributed by atoms with Crippen LogP contribution in [0.4, 0.5) is 4.79 Å². The monoisotopic (exact) mass is 403 g/mol. The molecule has 0 saturated carbocycles. The molecule has 0 aromatic heterocycles. The first kappa shape index (κ1) is 20.4. The molecule has 0 aliphatic carbocycles. The number of ether oxygens (including phenoxy) is 1. The molecule has 1 amide bonds. The fourth-order valence-electron chi connectivity index (χ4n) is 4.78. The third kappa shape index (κ3) is 4.99. The summed E-state index contributed by atoms with van der Waals surface area (Å²) in [6, 6.07) is 20.0. The molecule has 0 radical (unpaired) electrons. The second kappa shape index (κ2) is 9.75. The number of nitrogens with zero attached hydrogens (tertiary/aromatic N) is 1. The first-order valence-electron chi connectivity index (χ1n) is 10.9. The molecule has 2 heterocycles. The van der Waals surface area contributed by atoms with Crippen LogP contribution in [0.15, 0.2) is 66.7 Å². The number of piperidine rings is 2. The molecule has 4 nitrogen and oxygen atoms in total. The van der Waals surface area contributed by atoms with Gasteiger partial charge >= 0.3 is 6.09 Å². The van der Waals surface area contributed by atoms with E-state index in [0.29, 0.717) is 13.0 Å². The van der Waals surface area contributed by atoms with Gasteiger partial charge in [-0.3, -0.25) is 4.79 Å². The molecule has 2 unspecified atom stereocenters. The number of ketones is 1. The number of amides is 1. The minimum absolute atomic E-state index is 0.0406. The molecular weight excluding hydrogens is 374 g/mol. The van der Waals surface area contributed by atoms with E-state index in [0.717, 1.165) is 43.2 Å². The highest BCUT2D eigenvalue weighted by Crippen LogP contribution is 2.38. The molecule has 156 valence electrons. The highest BCUT2D eigenvalue weighted by Gasteiger charge is 2.43. The summed E-state index contributed by atoms with van der Waals surface area (Å²) in [5, 5.41) is 0. The van der Waals surface area contributed by atoms with Crippen molar-refractivity contribution in [3.63, 3.8) is 0 Å². The van der Waals surface area contributed by atoms with Crippen molar-refractivity contribution >= 4 is 18.0 Å². The standard InChI is InChI=1S/C26H29NO3/c28-25(16-7-13-20-9-3-1-4-10-20)22-17-23-14-8-15-24(18-22)27(23)26(29)30-19-21-11-5-2-6-12-21/h1-7,9-13,22-24H,8,14-19H2/b13-7+. The minimum atomic E-state index is -0.233. The lowest BCUT2D eigenvalue weighted by molar-refractivity contribution is -0.125. The smallest absolute Gasteiger partial charge is 0.410 e. The van der Waals surface area contributed by atoms with Crippen LogP contribution in [0.25, 0.3) is 6.08 Å². The van der Waals surface area contributed by atoms with Crippen molar-refractivity contribution in [2.75, 3.05) is 0 Å². The molecule has 0 spiro atoms. The van der Waals surface area contributed by atoms with Gasteiger partial charge in [0.05, 0.1) is 0 Å². The number of hydrogen-bond donors (Lipinski definition) is 0. The Morgan fingerprint density at radius 2 is 1.57 bits per heavy atom. The zero-order valence-corrected chi connectivity index (χ0v) is 17.3. The number of allylic oxidation sites excluding steroid dienone is 1. The van der Waals surface area contributed by atoms with E-state index in [1.165, 1.54) is 0 Å². The molecule has 2 aliphatic heterocycles. The predicted octanol–water partition coefficient (Wildman–Crippen LogP) is 5.63. The largest absolute Gasteiger partial charge is 0.445 e. The maximum Gasteiger partial charge on any atom is 0.410 e. The van der Waals surface area contributed by atoms with Crippen LogP contribution in [0, 0.1) is 5.92 Å². The maximum atomic E-state index is 12.8. The van der Waals surface area contributed by atoms with Crippen LogP contribution in [0.1, 0.15) is 49.7 Å². The summed E-state index contributed by atoms with van der Waals surface area (Å²) in [6.07, 6.45) is 8.75. The third-order valence-corrected chi connectivity index (χ3v) is 6.27. The lowest BCUT2D eigenvalue weighted by Crippen LogP contribution is -2.55. The third-order valence-electron chi connectivity index (χ3n) is 6.27. The van der Waals surface area contributed by atoms with Crippen LogP contribution < -0.4 is 0 Å². The van der Waals surface area contributed by atoms with Crippen LogP contribution in [0.3, 0.4) is 0 Å². The minimum Gasteiger partial charge on any atom is -0.445 e. The predicted molar refractivity (Wildman–Crippen MR) is 118 cm³/mol. The van der Waals surface area contributed by atoms with Crippen LogP contribution in [-0.4, -0.2) is 28.9 Å². The topological polar surface area (TPSA) is 46.6 Å². The summed E-state index contributed by atoms with van der Waals surface area (Å²) in [4.78, 5) is 27.5. The Morgan fingerprint density at radius 1 is 0.933 bits per heavy atom. The number of fused-ring (bicyclic) bond motifs is 2. The van der Waals surface area contributed by atoms with E-state index < -0.39 is 0 Å². The van der Waals surface area contributed by atoms with Gasteiger partial charge in [0.1, 0.15) is 12.4 Å². The van der Waals surface area contributed by atoms with E-state index in [4.69, 9.17) is 4.74 Å². The summed E-state index contributed by atoms with van der Waals surface area (Å²) in [6.45, 7) is 0.294. The Balaban J connectivity index is 1.33. The van der Waals surface area contributed by atoms with Gasteiger partial charge in [-0.05, 0) is 43.2 Å². The number of carbonyl (C=O) groups excluding carboxylic acids is 2. The van der Waals surface area contributed by atoms with Gasteiger partial charge < -0.3 is 9.64 Å². The van der Waals surface area contributed by atoms with Gasteiger partial charge in [-0.15, -0.1) is 0 Å². The number of carbonyl (C=O) groups is 2. The van der Waals surface area contributed by atoms with E-state index >= 15 is 0 Å². The van der Waals surface area contributed by atoms with Crippen molar-refractivity contribution in [2.24, 2.45) is 5.92 Å². The molecule has 30 heavy (non-hydrogen) atoms. The summed E-state index contributed by atoms with van der Waals surface area (Å²) in [7, 11) is 0. The van der Waals surface area contributed by atoms with Gasteiger partial charge in [-0.1, -0.05) is 72.8 Å². The van der Waals surface area contributed by atoms with Gasteiger partial charge in [0.25, 0.3) is 0 Å². The van der Waals surface area contributed by atoms with Crippen molar-refractivity contribution in [1.29, 1.82) is 0 Å². The molecule has 2 fully saturated rings. The van der Waals surface area contributed by atoms with Gasteiger partial charge in [0, 0.05) is 24.4 Å². The van der Waals surface area contributed by atoms with Crippen molar-refractivity contribution in [3.8, 4) is 0 Å². The van der Waals surface area contributed by atoms with E-state index in [2.05, 4.69) is 0 Å². The summed E-state index contributed by atoms with van der Waals surface area (Å²) in [5.74, 6) is 0.329. The Bertz CT molecular complexity index is 864. The molecule has 2 aromatic carbocycles. The van der Waals surface area contributed by atoms with Crippen molar-refractivity contribution in [2.45, 2.75) is 57.2 Å². The quantitative estimate of drug-likeness (QED) is 0.628. The average Bonchev–Trinajstić information content (AvgIpc) is 2.78. The van der Waals surface area contributed by atoms with E-state index in [-0.39, 0.29) is 29.9 Å². The average molecular weight is 404 g/mol. The normalized spacial score (nSPS) is 23.3. The molecule has 0 N–H and O–H groups in total. The van der Waals surface area contributed by atoms with Gasteiger partial charge in [-0.25, -0.2) is 4.79 Å². The van der Waals surface area contributed by atoms with E-state index in [1.807, 2.05) is 77.7 Å². The zero-order chi connectivity index (χ0) is 20.8. The van der Waals surface area contributed by atoms with Gasteiger partial charge in [0.15, 0.2) is 0 Å². The first-order valence-corrected chi connectivity index (χ1v) is 10.9. The molecule has 2 aromatic rings. The zero-order valence-electron chi connectivity index (χ0n) is 17.3. The second-order valence-corrected chi connectivity index (χ2v) is 8.34. The fourth-order valence-corrected chi connectivity index (χ4v) is 4.78. The molecule has 2 aliphatic rings. The first-order chi connectivity index (χ1) is 14.7. The molecule has 2 saturated heterocycles. The van der Waals surface area contributed by atoms with Crippen molar-refractivity contribution in [3.05, 3.63) is 77.9 Å². The molecule has 2 bridgehead atoms. The molecule has 2 atom stereocenters. The number of benzene rings is 2. The summed E-state index contributed by atoms with van der Waals surface area (Å²) < 4.78 is 5.60. The Hall–Kier alpha value is -2.88. The lowest BCUT2D eigenvalue weighted by Gasteiger charge is -2.47. The van der Waals surface area contributed by atoms with Crippen LogP contribution in [0.5, 0.6) is 0 Å². The van der Waals surface area contributed by atoms with Gasteiger partial charge in [0.2, 0.25) is 0 Å². The highest BCUT2D eigenvalue weighted by molar-refractivity contribution is 5.83. The summed E-state index contributed by atoms with van der Waals surface area (Å²) in [5.41, 5.74) is 2.10. The second-order valence-electron chi connectivity index (χ2n) is 8.34. The van der Waals surface area contributed by atoms with Crippen molar-refractivity contribution in [1.82, 2.24) is 4.90 Å². The Labute approximate surface area is 178 Å². The van der Waals surface area contributed by atoms with Crippen LogP contribution in [-0.2, 0) is 16.1 Å². The molecular formula is C26H29NO3. The lowest BCUT2D eigenvalue weighted by atomic mass is 9.76. The molecule has 4 heteroatoms. The van der Waals surface area contributed by atoms with Crippen LogP contribution in [0.2, 0.25) is 0 Å². The van der Waals surface area contributed by atoms with Crippen LogP contribution >= 0.6 is 0 Å². The van der Waals surface area contributed by atoms with Crippen molar-refractivity contribution < 1.29 is 14.3 Å². The highest BCUT2D eigenvalue weighted by atomic mass is 16.6. The number of Topliss-reactive ketones (excluding diaryl/α,β-unsaturated/α-hetero) is 1. The van der Waals surface area contributed by atoms with E-state index in [1.54, 1.807) is 0 Å². The van der Waals surface area contributed by atoms with E-state index in [9.17, 15) is 9.59 Å². The summed E-state index contributed by atoms with van der Waals surface area (Å²) >= 11 is 0. The fraction of sp³-hybridized carbons (Fsp3) is 0.385. The van der Waals surface area contributed by atoms with Gasteiger partial charge in [-0.2, -0.15) is 0 Å². The number of hydrogen-bond acceptors (Lipinski definition) is 3. The SMILES string of the molecule is O=C(C/C=C/c1ccccc1)C1CC2CCCC(C1)N2C(=O)OCc1ccccc1. The maximum absolute atomic E-state index is 12.8. The Morgan fingerprint density at radius 3 is 2.23 bits per heavy atom. The Kier molecular flexibility index (Phi) is 6.63. The molecule has 4 rings (SSSR count). The number of rotatable bonds is 6.